The molecule has 4 rings (SSSR count). The molecule has 0 saturated carbocycles. The number of carbonyl (C=O) groups is 3. The number of amides is 3. The van der Waals surface area contributed by atoms with Gasteiger partial charge in [-0.05, 0) is 35.2 Å². The fourth-order valence-corrected chi connectivity index (χ4v) is 4.62. The Morgan fingerprint density at radius 1 is 0.912 bits per heavy atom. The molecule has 3 amide bonds. The summed E-state index contributed by atoms with van der Waals surface area (Å²) in [5.41, 5.74) is 2.21. The smallest absolute Gasteiger partial charge is 0.254 e. The van der Waals surface area contributed by atoms with E-state index in [0.717, 1.165) is 23.3 Å². The van der Waals surface area contributed by atoms with Crippen molar-refractivity contribution in [2.24, 2.45) is 5.92 Å². The fourth-order valence-electron chi connectivity index (χ4n) is 4.62. The third-order valence-electron chi connectivity index (χ3n) is 6.48. The number of hydrogen-bond acceptors (Lipinski definition) is 3. The molecule has 1 fully saturated rings. The van der Waals surface area contributed by atoms with Gasteiger partial charge in [-0.25, -0.2) is 8.78 Å². The minimum atomic E-state index is -1.07. The second-order valence-electron chi connectivity index (χ2n) is 9.35. The minimum Gasteiger partial charge on any atom is -0.337 e. The predicted molar refractivity (Wildman–Crippen MR) is 123 cm³/mol. The van der Waals surface area contributed by atoms with E-state index in [1.54, 1.807) is 9.80 Å². The number of fused-ring (bicyclic) bond motifs is 1. The van der Waals surface area contributed by atoms with E-state index in [9.17, 15) is 23.2 Å². The molecule has 2 heterocycles. The van der Waals surface area contributed by atoms with Gasteiger partial charge in [-0.2, -0.15) is 0 Å². The van der Waals surface area contributed by atoms with Crippen molar-refractivity contribution in [3.8, 4) is 0 Å². The second kappa shape index (κ2) is 9.91. The van der Waals surface area contributed by atoms with Gasteiger partial charge in [-0.1, -0.05) is 38.1 Å². The Balaban J connectivity index is 1.45. The Kier molecular flexibility index (Phi) is 6.95. The van der Waals surface area contributed by atoms with Crippen LogP contribution in [-0.4, -0.2) is 64.6 Å². The molecule has 0 aliphatic carbocycles. The molecule has 180 valence electrons. The van der Waals surface area contributed by atoms with E-state index in [4.69, 9.17) is 0 Å². The van der Waals surface area contributed by atoms with Crippen molar-refractivity contribution in [1.82, 2.24) is 14.7 Å². The van der Waals surface area contributed by atoms with Crippen LogP contribution in [-0.2, 0) is 22.6 Å². The van der Waals surface area contributed by atoms with Gasteiger partial charge in [-0.15, -0.1) is 0 Å². The van der Waals surface area contributed by atoms with Crippen molar-refractivity contribution in [2.75, 3.05) is 26.2 Å². The van der Waals surface area contributed by atoms with Gasteiger partial charge in [0.2, 0.25) is 11.8 Å². The maximum absolute atomic E-state index is 13.5. The summed E-state index contributed by atoms with van der Waals surface area (Å²) >= 11 is 0. The van der Waals surface area contributed by atoms with Crippen LogP contribution in [0.3, 0.4) is 0 Å². The SMILES string of the molecule is CC(C)CC(=O)N1Cc2ccccc2CC1C(=O)N1CCN(C(=O)c2ccc(F)c(F)c2)CC1. The normalized spacial score (nSPS) is 18.1. The van der Waals surface area contributed by atoms with Crippen LogP contribution in [0.15, 0.2) is 42.5 Å². The standard InChI is InChI=1S/C26H29F2N3O3/c1-17(2)13-24(32)31-16-20-6-4-3-5-18(20)15-23(31)26(34)30-11-9-29(10-12-30)25(33)19-7-8-21(27)22(28)14-19/h3-8,14,17,23H,9-13,15-16H2,1-2H3. The lowest BCUT2D eigenvalue weighted by Crippen LogP contribution is -2.58. The molecule has 2 aliphatic rings. The van der Waals surface area contributed by atoms with Crippen LogP contribution in [0, 0.1) is 17.6 Å². The molecule has 1 unspecified atom stereocenters. The number of halogens is 2. The number of hydrogen-bond donors (Lipinski definition) is 0. The highest BCUT2D eigenvalue weighted by Gasteiger charge is 2.38. The molecule has 8 heteroatoms. The Hall–Kier alpha value is -3.29. The largest absolute Gasteiger partial charge is 0.337 e. The number of benzene rings is 2. The monoisotopic (exact) mass is 469 g/mol. The molecule has 1 atom stereocenters. The van der Waals surface area contributed by atoms with Crippen LogP contribution in [0.4, 0.5) is 8.78 Å². The predicted octanol–water partition coefficient (Wildman–Crippen LogP) is 3.25. The molecule has 2 aliphatic heterocycles. The summed E-state index contributed by atoms with van der Waals surface area (Å²) in [7, 11) is 0. The van der Waals surface area contributed by atoms with E-state index in [1.807, 2.05) is 38.1 Å². The number of nitrogens with zero attached hydrogens (tertiary/aromatic N) is 3. The first-order chi connectivity index (χ1) is 16.2. The lowest BCUT2D eigenvalue weighted by molar-refractivity contribution is -0.148. The van der Waals surface area contributed by atoms with Crippen LogP contribution in [0.1, 0.15) is 41.8 Å². The zero-order valence-electron chi connectivity index (χ0n) is 19.5. The van der Waals surface area contributed by atoms with Crippen molar-refractivity contribution in [1.29, 1.82) is 0 Å². The first kappa shape index (κ1) is 23.9. The molecular weight excluding hydrogens is 440 g/mol. The van der Waals surface area contributed by atoms with Gasteiger partial charge >= 0.3 is 0 Å². The van der Waals surface area contributed by atoms with Gasteiger partial charge in [0.1, 0.15) is 6.04 Å². The summed E-state index contributed by atoms with van der Waals surface area (Å²) in [6, 6.07) is 10.4. The number of rotatable bonds is 4. The molecule has 0 bridgehead atoms. The average Bonchev–Trinajstić information content (AvgIpc) is 2.83. The van der Waals surface area contributed by atoms with Crippen LogP contribution in [0.5, 0.6) is 0 Å². The molecule has 0 aromatic heterocycles. The van der Waals surface area contributed by atoms with Crippen molar-refractivity contribution >= 4 is 17.7 Å². The summed E-state index contributed by atoms with van der Waals surface area (Å²) in [6.07, 6.45) is 0.843. The summed E-state index contributed by atoms with van der Waals surface area (Å²) in [6.45, 7) is 5.58. The first-order valence-electron chi connectivity index (χ1n) is 11.6. The Labute approximate surface area is 198 Å². The lowest BCUT2D eigenvalue weighted by Gasteiger charge is -2.41. The van der Waals surface area contributed by atoms with Crippen molar-refractivity contribution < 1.29 is 23.2 Å². The first-order valence-corrected chi connectivity index (χ1v) is 11.6. The zero-order chi connectivity index (χ0) is 24.4. The van der Waals surface area contributed by atoms with Gasteiger partial charge in [0.05, 0.1) is 0 Å². The second-order valence-corrected chi connectivity index (χ2v) is 9.35. The van der Waals surface area contributed by atoms with Gasteiger partial charge in [0, 0.05) is 51.1 Å². The van der Waals surface area contributed by atoms with Crippen LogP contribution in [0.2, 0.25) is 0 Å². The molecule has 0 N–H and O–H groups in total. The minimum absolute atomic E-state index is 0.0324. The summed E-state index contributed by atoms with van der Waals surface area (Å²) in [5.74, 6) is -2.43. The van der Waals surface area contributed by atoms with Gasteiger partial charge in [0.25, 0.3) is 5.91 Å². The van der Waals surface area contributed by atoms with Crippen molar-refractivity contribution in [3.63, 3.8) is 0 Å². The maximum Gasteiger partial charge on any atom is 0.254 e. The number of piperazine rings is 1. The molecule has 0 spiro atoms. The van der Waals surface area contributed by atoms with Crippen molar-refractivity contribution in [2.45, 2.75) is 39.3 Å². The van der Waals surface area contributed by atoms with E-state index in [-0.39, 0.29) is 36.4 Å². The summed E-state index contributed by atoms with van der Waals surface area (Å²) in [4.78, 5) is 44.2. The highest BCUT2D eigenvalue weighted by Crippen LogP contribution is 2.26. The van der Waals surface area contributed by atoms with Crippen molar-refractivity contribution in [3.05, 3.63) is 70.8 Å². The highest BCUT2D eigenvalue weighted by atomic mass is 19.2. The fraction of sp³-hybridized carbons (Fsp3) is 0.423. The van der Waals surface area contributed by atoms with E-state index in [0.29, 0.717) is 32.5 Å². The molecule has 2 aromatic carbocycles. The maximum atomic E-state index is 13.5. The quantitative estimate of drug-likeness (QED) is 0.691. The van der Waals surface area contributed by atoms with Gasteiger partial charge in [0.15, 0.2) is 11.6 Å². The van der Waals surface area contributed by atoms with Gasteiger partial charge in [-0.3, -0.25) is 14.4 Å². The lowest BCUT2D eigenvalue weighted by atomic mass is 9.92. The average molecular weight is 470 g/mol. The molecule has 6 nitrogen and oxygen atoms in total. The summed E-state index contributed by atoms with van der Waals surface area (Å²) < 4.78 is 26.7. The topological polar surface area (TPSA) is 60.9 Å². The zero-order valence-corrected chi connectivity index (χ0v) is 19.5. The Morgan fingerprint density at radius 2 is 1.56 bits per heavy atom. The van der Waals surface area contributed by atoms with E-state index in [1.165, 1.54) is 11.0 Å². The molecule has 34 heavy (non-hydrogen) atoms. The highest BCUT2D eigenvalue weighted by molar-refractivity contribution is 5.94. The molecule has 0 radical (unpaired) electrons. The van der Waals surface area contributed by atoms with Gasteiger partial charge < -0.3 is 14.7 Å². The third-order valence-corrected chi connectivity index (χ3v) is 6.48. The Morgan fingerprint density at radius 3 is 2.21 bits per heavy atom. The third kappa shape index (κ3) is 4.95. The van der Waals surface area contributed by atoms with Crippen LogP contribution >= 0.6 is 0 Å². The summed E-state index contributed by atoms with van der Waals surface area (Å²) in [5, 5.41) is 0. The molecular formula is C26H29F2N3O3. The van der Waals surface area contributed by atoms with E-state index >= 15 is 0 Å². The van der Waals surface area contributed by atoms with Crippen LogP contribution < -0.4 is 0 Å². The van der Waals surface area contributed by atoms with E-state index in [2.05, 4.69) is 0 Å². The Bertz CT molecular complexity index is 1100. The van der Waals surface area contributed by atoms with Crippen LogP contribution in [0.25, 0.3) is 0 Å². The van der Waals surface area contributed by atoms with E-state index < -0.39 is 23.6 Å². The number of carbonyl (C=O) groups excluding carboxylic acids is 3. The molecule has 2 aromatic rings. The molecule has 1 saturated heterocycles.